The Morgan fingerprint density at radius 2 is 1.89 bits per heavy atom. The molecule has 1 N–H and O–H groups in total. The summed E-state index contributed by atoms with van der Waals surface area (Å²) in [6.07, 6.45) is -0.946. The van der Waals surface area contributed by atoms with Gasteiger partial charge in [-0.05, 0) is 28.1 Å². The monoisotopic (exact) mass is 325 g/mol. The molecule has 0 atom stereocenters. The lowest BCUT2D eigenvalue weighted by molar-refractivity contribution is -0.0901. The molecule has 0 unspecified atom stereocenters. The number of rotatable bonds is 2. The molecule has 1 saturated carbocycles. The summed E-state index contributed by atoms with van der Waals surface area (Å²) in [5.41, 5.74) is -0.495. The van der Waals surface area contributed by atoms with Gasteiger partial charge in [-0.25, -0.2) is 17.6 Å². The first-order valence-corrected chi connectivity index (χ1v) is 5.91. The van der Waals surface area contributed by atoms with Crippen LogP contribution in [0.4, 0.5) is 17.6 Å². The van der Waals surface area contributed by atoms with Crippen molar-refractivity contribution < 1.29 is 22.4 Å². The van der Waals surface area contributed by atoms with Gasteiger partial charge >= 0.3 is 0 Å². The Bertz CT molecular complexity index is 498. The topological polar surface area (TPSA) is 29.1 Å². The number of carbonyl (C=O) groups is 1. The van der Waals surface area contributed by atoms with Crippen LogP contribution in [0.5, 0.6) is 0 Å². The van der Waals surface area contributed by atoms with Crippen molar-refractivity contribution in [3.8, 4) is 0 Å². The van der Waals surface area contributed by atoms with Crippen molar-refractivity contribution in [1.82, 2.24) is 5.32 Å². The van der Waals surface area contributed by atoms with Gasteiger partial charge in [0.1, 0.15) is 11.6 Å². The van der Waals surface area contributed by atoms with Crippen molar-refractivity contribution in [1.29, 1.82) is 0 Å². The van der Waals surface area contributed by atoms with Crippen LogP contribution < -0.4 is 5.32 Å². The van der Waals surface area contributed by atoms with Crippen LogP contribution in [0.1, 0.15) is 23.2 Å². The number of benzene rings is 1. The van der Waals surface area contributed by atoms with E-state index in [1.54, 1.807) is 0 Å². The number of amides is 1. The minimum absolute atomic E-state index is 0.105. The Labute approximate surface area is 108 Å². The summed E-state index contributed by atoms with van der Waals surface area (Å²) < 4.78 is 51.5. The molecular weight excluding hydrogens is 318 g/mol. The van der Waals surface area contributed by atoms with E-state index in [1.165, 1.54) is 0 Å². The molecule has 18 heavy (non-hydrogen) atoms. The molecule has 0 heterocycles. The summed E-state index contributed by atoms with van der Waals surface area (Å²) >= 11 is 2.77. The minimum atomic E-state index is -2.78. The molecule has 0 spiro atoms. The van der Waals surface area contributed by atoms with Crippen molar-refractivity contribution in [3.05, 3.63) is 33.8 Å². The Morgan fingerprint density at radius 3 is 2.44 bits per heavy atom. The maximum absolute atomic E-state index is 13.4. The standard InChI is InChI=1S/C11H8BrF4NO/c12-7-2-8(13)6(1-9(7)14)10(18)17-5-3-11(15,16)4-5/h1-2,5H,3-4H2,(H,17,18). The fourth-order valence-corrected chi connectivity index (χ4v) is 2.04. The molecule has 7 heteroatoms. The Hall–Kier alpha value is -1.11. The van der Waals surface area contributed by atoms with Crippen LogP contribution in [0.2, 0.25) is 0 Å². The van der Waals surface area contributed by atoms with Gasteiger partial charge in [-0.1, -0.05) is 0 Å². The SMILES string of the molecule is O=C(NC1CC(F)(F)C1)c1cc(F)c(Br)cc1F. The zero-order valence-electron chi connectivity index (χ0n) is 8.94. The maximum Gasteiger partial charge on any atom is 0.254 e. The molecule has 1 fully saturated rings. The largest absolute Gasteiger partial charge is 0.349 e. The van der Waals surface area contributed by atoms with Crippen LogP contribution in [0.15, 0.2) is 16.6 Å². The van der Waals surface area contributed by atoms with Gasteiger partial charge < -0.3 is 5.32 Å². The molecule has 2 rings (SSSR count). The normalized spacial score (nSPS) is 18.3. The first kappa shape index (κ1) is 13.3. The molecule has 1 aliphatic carbocycles. The first-order chi connectivity index (χ1) is 8.28. The average molecular weight is 326 g/mol. The molecule has 98 valence electrons. The lowest BCUT2D eigenvalue weighted by atomic mass is 9.88. The third-order valence-corrected chi connectivity index (χ3v) is 3.29. The van der Waals surface area contributed by atoms with E-state index in [2.05, 4.69) is 21.2 Å². The van der Waals surface area contributed by atoms with Crippen molar-refractivity contribution in [3.63, 3.8) is 0 Å². The third-order valence-electron chi connectivity index (χ3n) is 2.68. The number of nitrogens with one attached hydrogen (secondary N) is 1. The number of carbonyl (C=O) groups excluding carboxylic acids is 1. The van der Waals surface area contributed by atoms with Gasteiger partial charge in [0.2, 0.25) is 0 Å². The molecule has 1 aromatic rings. The molecule has 0 saturated heterocycles. The molecule has 1 amide bonds. The molecule has 0 aromatic heterocycles. The van der Waals surface area contributed by atoms with Crippen LogP contribution in [0, 0.1) is 11.6 Å². The predicted molar refractivity (Wildman–Crippen MR) is 59.5 cm³/mol. The molecule has 2 nitrogen and oxygen atoms in total. The highest BCUT2D eigenvalue weighted by atomic mass is 79.9. The lowest BCUT2D eigenvalue weighted by Gasteiger charge is -2.35. The Kier molecular flexibility index (Phi) is 3.35. The summed E-state index contributed by atoms with van der Waals surface area (Å²) in [5, 5.41) is 2.23. The van der Waals surface area contributed by atoms with E-state index < -0.39 is 47.9 Å². The highest BCUT2D eigenvalue weighted by molar-refractivity contribution is 9.10. The average Bonchev–Trinajstić information content (AvgIpc) is 2.20. The van der Waals surface area contributed by atoms with Crippen molar-refractivity contribution in [2.75, 3.05) is 0 Å². The predicted octanol–water partition coefficient (Wildman–Crippen LogP) is 3.25. The Morgan fingerprint density at radius 1 is 1.28 bits per heavy atom. The molecule has 1 aromatic carbocycles. The van der Waals surface area contributed by atoms with Crippen LogP contribution in [0.25, 0.3) is 0 Å². The van der Waals surface area contributed by atoms with E-state index in [0.717, 1.165) is 12.1 Å². The van der Waals surface area contributed by atoms with Gasteiger partial charge in [-0.15, -0.1) is 0 Å². The minimum Gasteiger partial charge on any atom is -0.349 e. The second-order valence-electron chi connectivity index (χ2n) is 4.18. The molecular formula is C11H8BrF4NO. The van der Waals surface area contributed by atoms with E-state index in [-0.39, 0.29) is 4.47 Å². The van der Waals surface area contributed by atoms with Gasteiger partial charge in [0.15, 0.2) is 0 Å². The third kappa shape index (κ3) is 2.66. The van der Waals surface area contributed by atoms with E-state index in [9.17, 15) is 22.4 Å². The zero-order chi connectivity index (χ0) is 13.5. The van der Waals surface area contributed by atoms with E-state index in [1.807, 2.05) is 0 Å². The molecule has 1 aliphatic rings. The number of hydrogen-bond donors (Lipinski definition) is 1. The smallest absolute Gasteiger partial charge is 0.254 e. The highest BCUT2D eigenvalue weighted by Crippen LogP contribution is 2.37. The fraction of sp³-hybridized carbons (Fsp3) is 0.364. The zero-order valence-corrected chi connectivity index (χ0v) is 10.5. The van der Waals surface area contributed by atoms with Crippen molar-refractivity contribution >= 4 is 21.8 Å². The van der Waals surface area contributed by atoms with Gasteiger partial charge in [-0.3, -0.25) is 4.79 Å². The van der Waals surface area contributed by atoms with Gasteiger partial charge in [0.05, 0.1) is 10.0 Å². The highest BCUT2D eigenvalue weighted by Gasteiger charge is 2.46. The Balaban J connectivity index is 2.08. The van der Waals surface area contributed by atoms with Crippen molar-refractivity contribution in [2.45, 2.75) is 24.8 Å². The number of halogens is 5. The van der Waals surface area contributed by atoms with E-state index in [4.69, 9.17) is 0 Å². The molecule has 0 radical (unpaired) electrons. The van der Waals surface area contributed by atoms with Crippen LogP contribution >= 0.6 is 15.9 Å². The second kappa shape index (κ2) is 4.53. The van der Waals surface area contributed by atoms with Crippen LogP contribution in [-0.4, -0.2) is 17.9 Å². The number of alkyl halides is 2. The van der Waals surface area contributed by atoms with Gasteiger partial charge in [0, 0.05) is 18.9 Å². The number of hydrogen-bond acceptors (Lipinski definition) is 1. The summed E-state index contributed by atoms with van der Waals surface area (Å²) in [6, 6.07) is 0.851. The van der Waals surface area contributed by atoms with Gasteiger partial charge in [-0.2, -0.15) is 0 Å². The van der Waals surface area contributed by atoms with E-state index >= 15 is 0 Å². The summed E-state index contributed by atoms with van der Waals surface area (Å²) in [6.45, 7) is 0. The second-order valence-corrected chi connectivity index (χ2v) is 5.04. The van der Waals surface area contributed by atoms with Crippen LogP contribution in [-0.2, 0) is 0 Å². The van der Waals surface area contributed by atoms with Gasteiger partial charge in [0.25, 0.3) is 11.8 Å². The molecule has 0 aliphatic heterocycles. The van der Waals surface area contributed by atoms with E-state index in [0.29, 0.717) is 0 Å². The summed E-state index contributed by atoms with van der Waals surface area (Å²) in [5.74, 6) is -5.37. The lowest BCUT2D eigenvalue weighted by Crippen LogP contribution is -2.50. The fourth-order valence-electron chi connectivity index (χ4n) is 1.72. The quantitative estimate of drug-likeness (QED) is 0.656. The maximum atomic E-state index is 13.4. The summed E-state index contributed by atoms with van der Waals surface area (Å²) in [4.78, 5) is 11.6. The summed E-state index contributed by atoms with van der Waals surface area (Å²) in [7, 11) is 0. The van der Waals surface area contributed by atoms with Crippen molar-refractivity contribution in [2.24, 2.45) is 0 Å². The van der Waals surface area contributed by atoms with Crippen LogP contribution in [0.3, 0.4) is 0 Å². The first-order valence-electron chi connectivity index (χ1n) is 5.12. The molecule has 0 bridgehead atoms.